The van der Waals surface area contributed by atoms with E-state index in [1.807, 2.05) is 0 Å². The van der Waals surface area contributed by atoms with Crippen molar-refractivity contribution in [3.63, 3.8) is 0 Å². The van der Waals surface area contributed by atoms with Crippen LogP contribution in [0.25, 0.3) is 0 Å². The predicted octanol–water partition coefficient (Wildman–Crippen LogP) is 18.6. The second-order valence-corrected chi connectivity index (χ2v) is 17.7. The Kier molecular flexibility index (Phi) is 52.5. The molecule has 6 heteroatoms. The van der Waals surface area contributed by atoms with Crippen molar-refractivity contribution in [2.75, 3.05) is 13.2 Å². The van der Waals surface area contributed by atoms with Crippen molar-refractivity contribution in [2.24, 2.45) is 0 Å². The van der Waals surface area contributed by atoms with E-state index in [0.29, 0.717) is 19.3 Å². The van der Waals surface area contributed by atoms with Crippen LogP contribution in [0.15, 0.2) is 134 Å². The minimum absolute atomic E-state index is 0.107. The highest BCUT2D eigenvalue weighted by molar-refractivity contribution is 5.71. The molecular weight excluding hydrogens is 853 g/mol. The first-order valence-corrected chi connectivity index (χ1v) is 27.7. The molecule has 1 atom stereocenters. The highest BCUT2D eigenvalue weighted by Crippen LogP contribution is 2.13. The molecule has 0 radical (unpaired) electrons. The van der Waals surface area contributed by atoms with Crippen LogP contribution in [0.1, 0.15) is 226 Å². The Morgan fingerprint density at radius 1 is 0.304 bits per heavy atom. The SMILES string of the molecule is CC/C=C\C/C=C\C/C=C\C/C=C\C/C=C\CCCCCC(=O)OCC(COC(=O)CCCCCCC/C=C\C/C=C\CCC)OC(=O)CCCCCCCC/C=C\C/C=C\C/C=C\C/C=C\CC. The average Bonchev–Trinajstić information content (AvgIpc) is 3.35. The van der Waals surface area contributed by atoms with E-state index in [2.05, 4.69) is 154 Å². The maximum atomic E-state index is 12.9. The third-order valence-electron chi connectivity index (χ3n) is 11.1. The molecule has 0 rings (SSSR count). The monoisotopic (exact) mass is 953 g/mol. The molecule has 388 valence electrons. The molecule has 0 amide bonds. The maximum absolute atomic E-state index is 12.9. The molecule has 6 nitrogen and oxygen atoms in total. The summed E-state index contributed by atoms with van der Waals surface area (Å²) in [7, 11) is 0. The second-order valence-electron chi connectivity index (χ2n) is 17.7. The van der Waals surface area contributed by atoms with Gasteiger partial charge in [-0.05, 0) is 128 Å². The molecule has 0 aromatic rings. The van der Waals surface area contributed by atoms with Crippen molar-refractivity contribution in [2.45, 2.75) is 232 Å². The fourth-order valence-corrected chi connectivity index (χ4v) is 7.03. The smallest absolute Gasteiger partial charge is 0.306 e. The van der Waals surface area contributed by atoms with Gasteiger partial charge in [0.1, 0.15) is 13.2 Å². The van der Waals surface area contributed by atoms with Crippen molar-refractivity contribution in [1.82, 2.24) is 0 Å². The summed E-state index contributed by atoms with van der Waals surface area (Å²) in [5, 5.41) is 0. The Labute approximate surface area is 424 Å². The van der Waals surface area contributed by atoms with Crippen molar-refractivity contribution >= 4 is 17.9 Å². The number of hydrogen-bond donors (Lipinski definition) is 0. The standard InChI is InChI=1S/C63H100O6/c1-4-7-10-13-16-19-22-25-27-29-31-33-35-38-41-44-47-50-53-56-62(65)68-59-60(58-67-61(64)55-52-49-46-43-40-37-24-21-18-15-12-9-6-3)69-63(66)57-54-51-48-45-42-39-36-34-32-30-28-26-23-20-17-14-11-8-5-2/h7-8,10-12,15-17,19-21,24-28,31-34,38,41,60H,4-6,9,13-14,18,22-23,29-30,35-37,39-40,42-59H2,1-3H3/b10-7-,11-8-,15-12-,19-16-,20-17-,24-21-,27-25-,28-26-,33-31-,34-32-,41-38-. The Bertz CT molecular complexity index is 1510. The predicted molar refractivity (Wildman–Crippen MR) is 297 cm³/mol. The summed E-state index contributed by atoms with van der Waals surface area (Å²) in [4.78, 5) is 38.1. The van der Waals surface area contributed by atoms with E-state index in [-0.39, 0.29) is 31.1 Å². The van der Waals surface area contributed by atoms with Crippen LogP contribution in [0.2, 0.25) is 0 Å². The van der Waals surface area contributed by atoms with Crippen molar-refractivity contribution in [3.05, 3.63) is 134 Å². The molecule has 1 unspecified atom stereocenters. The molecule has 0 aromatic heterocycles. The summed E-state index contributed by atoms with van der Waals surface area (Å²) in [5.41, 5.74) is 0. The quantitative estimate of drug-likeness (QED) is 0.0262. The number of unbranched alkanes of at least 4 members (excludes halogenated alkanes) is 15. The Morgan fingerprint density at radius 2 is 0.565 bits per heavy atom. The highest BCUT2D eigenvalue weighted by Gasteiger charge is 2.19. The summed E-state index contributed by atoms with van der Waals surface area (Å²) in [6.45, 7) is 6.28. The number of carbonyl (C=O) groups is 3. The van der Waals surface area contributed by atoms with Crippen LogP contribution < -0.4 is 0 Å². The normalized spacial score (nSPS) is 13.1. The number of carbonyl (C=O) groups excluding carboxylic acids is 3. The zero-order chi connectivity index (χ0) is 50.0. The summed E-state index contributed by atoms with van der Waals surface area (Å²) in [6.07, 6.45) is 78.6. The minimum atomic E-state index is -0.811. The Balaban J connectivity index is 4.51. The average molecular weight is 953 g/mol. The lowest BCUT2D eigenvalue weighted by atomic mass is 10.1. The molecule has 0 spiro atoms. The van der Waals surface area contributed by atoms with Crippen LogP contribution >= 0.6 is 0 Å². The molecule has 0 N–H and O–H groups in total. The molecule has 0 heterocycles. The van der Waals surface area contributed by atoms with Gasteiger partial charge in [-0.25, -0.2) is 0 Å². The number of esters is 3. The van der Waals surface area contributed by atoms with Crippen LogP contribution in [-0.4, -0.2) is 37.2 Å². The van der Waals surface area contributed by atoms with Gasteiger partial charge in [-0.1, -0.05) is 212 Å². The number of allylic oxidation sites excluding steroid dienone is 22. The lowest BCUT2D eigenvalue weighted by Gasteiger charge is -2.18. The van der Waals surface area contributed by atoms with E-state index < -0.39 is 6.10 Å². The van der Waals surface area contributed by atoms with Crippen molar-refractivity contribution in [1.29, 1.82) is 0 Å². The third kappa shape index (κ3) is 54.4. The fourth-order valence-electron chi connectivity index (χ4n) is 7.03. The zero-order valence-corrected chi connectivity index (χ0v) is 44.3. The molecule has 0 saturated carbocycles. The van der Waals surface area contributed by atoms with Gasteiger partial charge in [0.2, 0.25) is 0 Å². The van der Waals surface area contributed by atoms with Crippen LogP contribution in [0.4, 0.5) is 0 Å². The maximum Gasteiger partial charge on any atom is 0.306 e. The zero-order valence-electron chi connectivity index (χ0n) is 44.3. The molecule has 0 aliphatic carbocycles. The summed E-state index contributed by atoms with van der Waals surface area (Å²) < 4.78 is 16.8. The lowest BCUT2D eigenvalue weighted by molar-refractivity contribution is -0.167. The number of ether oxygens (including phenoxy) is 3. The molecule has 0 fully saturated rings. The van der Waals surface area contributed by atoms with E-state index in [4.69, 9.17) is 14.2 Å². The summed E-state index contributed by atoms with van der Waals surface area (Å²) >= 11 is 0. The van der Waals surface area contributed by atoms with Gasteiger partial charge >= 0.3 is 17.9 Å². The summed E-state index contributed by atoms with van der Waals surface area (Å²) in [5.74, 6) is -0.973. The fraction of sp³-hybridized carbons (Fsp3) is 0.603. The lowest BCUT2D eigenvalue weighted by Crippen LogP contribution is -2.30. The van der Waals surface area contributed by atoms with Crippen LogP contribution in [0.5, 0.6) is 0 Å². The van der Waals surface area contributed by atoms with E-state index in [1.165, 1.54) is 19.3 Å². The van der Waals surface area contributed by atoms with Gasteiger partial charge in [0.25, 0.3) is 0 Å². The van der Waals surface area contributed by atoms with Gasteiger partial charge in [-0.3, -0.25) is 14.4 Å². The highest BCUT2D eigenvalue weighted by atomic mass is 16.6. The molecule has 69 heavy (non-hydrogen) atoms. The van der Waals surface area contributed by atoms with Crippen molar-refractivity contribution in [3.8, 4) is 0 Å². The molecule has 0 aromatic carbocycles. The largest absolute Gasteiger partial charge is 0.462 e. The first-order chi connectivity index (χ1) is 34.0. The van der Waals surface area contributed by atoms with Crippen molar-refractivity contribution < 1.29 is 28.6 Å². The van der Waals surface area contributed by atoms with E-state index in [9.17, 15) is 14.4 Å². The molecule has 0 saturated heterocycles. The third-order valence-corrected chi connectivity index (χ3v) is 11.1. The Hall–Kier alpha value is -4.45. The molecule has 0 aliphatic rings. The van der Waals surface area contributed by atoms with Gasteiger partial charge < -0.3 is 14.2 Å². The first-order valence-electron chi connectivity index (χ1n) is 27.7. The topological polar surface area (TPSA) is 78.9 Å². The second kappa shape index (κ2) is 56.1. The molecule has 0 bridgehead atoms. The minimum Gasteiger partial charge on any atom is -0.462 e. The number of rotatable bonds is 48. The Morgan fingerprint density at radius 3 is 0.899 bits per heavy atom. The number of hydrogen-bond acceptors (Lipinski definition) is 6. The van der Waals surface area contributed by atoms with Gasteiger partial charge in [0.15, 0.2) is 6.10 Å². The van der Waals surface area contributed by atoms with E-state index in [0.717, 1.165) is 167 Å². The molecular formula is C63H100O6. The first kappa shape index (κ1) is 64.5. The van der Waals surface area contributed by atoms with Crippen LogP contribution in [0, 0.1) is 0 Å². The van der Waals surface area contributed by atoms with Gasteiger partial charge in [0.05, 0.1) is 0 Å². The van der Waals surface area contributed by atoms with E-state index >= 15 is 0 Å². The van der Waals surface area contributed by atoms with Gasteiger partial charge in [-0.2, -0.15) is 0 Å². The van der Waals surface area contributed by atoms with Gasteiger partial charge in [0, 0.05) is 19.3 Å². The van der Waals surface area contributed by atoms with Crippen LogP contribution in [-0.2, 0) is 28.6 Å². The van der Waals surface area contributed by atoms with E-state index in [1.54, 1.807) is 0 Å². The van der Waals surface area contributed by atoms with Crippen LogP contribution in [0.3, 0.4) is 0 Å². The van der Waals surface area contributed by atoms with Gasteiger partial charge in [-0.15, -0.1) is 0 Å². The molecule has 0 aliphatic heterocycles. The summed E-state index contributed by atoms with van der Waals surface area (Å²) in [6, 6.07) is 0.